The second-order valence-corrected chi connectivity index (χ2v) is 18.2. The number of thiophene rings is 1. The molecule has 312 valence electrons. The summed E-state index contributed by atoms with van der Waals surface area (Å²) in [6, 6.07) is 80.4. The van der Waals surface area contributed by atoms with E-state index in [-0.39, 0.29) is 0 Å². The first-order chi connectivity index (χ1) is 33.2. The van der Waals surface area contributed by atoms with Crippen LogP contribution in [0.15, 0.2) is 224 Å². The van der Waals surface area contributed by atoms with E-state index in [2.05, 4.69) is 209 Å². The van der Waals surface area contributed by atoms with Crippen molar-refractivity contribution in [2.75, 3.05) is 0 Å². The van der Waals surface area contributed by atoms with Crippen LogP contribution in [0.2, 0.25) is 0 Å². The molecule has 67 heavy (non-hydrogen) atoms. The Morgan fingerprint density at radius 3 is 1.55 bits per heavy atom. The topological polar surface area (TPSA) is 48.5 Å². The fourth-order valence-corrected chi connectivity index (χ4v) is 11.4. The minimum atomic E-state index is 0.559. The zero-order valence-electron chi connectivity index (χ0n) is 36.0. The standard InChI is InChI=1S/C61H37N5S/c1-3-15-38(16-4-1)40-27-30-42(31-28-40)60-62-59(41-18-5-2-6-19-41)63-61(64-60)66-53-25-13-10-22-47(53)50-34-33-49-46-21-9-12-24-52(46)65(56(49)57(50)66)54-37-45(44-32-29-39-17-7-8-20-43(39)35-44)36-51-48-23-11-14-26-55(48)67-58(51)54/h1-37H. The second kappa shape index (κ2) is 14.9. The molecule has 14 rings (SSSR count). The quantitative estimate of drug-likeness (QED) is 0.167. The highest BCUT2D eigenvalue weighted by Gasteiger charge is 2.25. The van der Waals surface area contributed by atoms with Crippen molar-refractivity contribution in [1.29, 1.82) is 0 Å². The molecule has 0 saturated heterocycles. The van der Waals surface area contributed by atoms with E-state index < -0.39 is 0 Å². The van der Waals surface area contributed by atoms with Crippen LogP contribution in [0.25, 0.3) is 131 Å². The highest BCUT2D eigenvalue weighted by Crippen LogP contribution is 2.46. The number of aromatic nitrogens is 5. The van der Waals surface area contributed by atoms with Crippen molar-refractivity contribution < 1.29 is 0 Å². The highest BCUT2D eigenvalue weighted by molar-refractivity contribution is 7.26. The fraction of sp³-hybridized carbons (Fsp3) is 0. The summed E-state index contributed by atoms with van der Waals surface area (Å²) < 4.78 is 7.30. The normalized spacial score (nSPS) is 11.9. The van der Waals surface area contributed by atoms with Gasteiger partial charge in [-0.25, -0.2) is 4.98 Å². The Hall–Kier alpha value is -8.71. The maximum Gasteiger partial charge on any atom is 0.238 e. The van der Waals surface area contributed by atoms with Crippen molar-refractivity contribution in [1.82, 2.24) is 24.1 Å². The first-order valence-corrected chi connectivity index (χ1v) is 23.4. The smallest absolute Gasteiger partial charge is 0.238 e. The number of benzene rings is 10. The van der Waals surface area contributed by atoms with Crippen molar-refractivity contribution >= 4 is 85.9 Å². The summed E-state index contributed by atoms with van der Waals surface area (Å²) in [7, 11) is 0. The monoisotopic (exact) mass is 871 g/mol. The minimum absolute atomic E-state index is 0.559. The second-order valence-electron chi connectivity index (χ2n) is 17.2. The summed E-state index contributed by atoms with van der Waals surface area (Å²) in [5.41, 5.74) is 11.9. The molecule has 0 N–H and O–H groups in total. The van der Waals surface area contributed by atoms with E-state index in [4.69, 9.17) is 15.0 Å². The van der Waals surface area contributed by atoms with Crippen molar-refractivity contribution in [2.24, 2.45) is 0 Å². The molecular formula is C61H37N5S. The molecule has 0 fully saturated rings. The van der Waals surface area contributed by atoms with Gasteiger partial charge in [0.1, 0.15) is 0 Å². The van der Waals surface area contributed by atoms with Gasteiger partial charge in [0, 0.05) is 48.1 Å². The minimum Gasteiger partial charge on any atom is -0.306 e. The Bertz CT molecular complexity index is 4260. The van der Waals surface area contributed by atoms with Gasteiger partial charge in [0.2, 0.25) is 5.95 Å². The largest absolute Gasteiger partial charge is 0.306 e. The summed E-state index contributed by atoms with van der Waals surface area (Å²) in [4.78, 5) is 16.0. The van der Waals surface area contributed by atoms with Crippen molar-refractivity contribution in [3.8, 4) is 56.7 Å². The average molecular weight is 872 g/mol. The van der Waals surface area contributed by atoms with Crippen LogP contribution in [-0.2, 0) is 0 Å². The SMILES string of the molecule is c1ccc(-c2ccc(-c3nc(-c4ccccc4)nc(-n4c5ccccc5c5ccc6c7ccccc7n(-c7cc(-c8ccc9ccccc9c8)cc8c7sc7ccccc78)c6c54)n3)cc2)cc1. The molecule has 0 atom stereocenters. The van der Waals surface area contributed by atoms with E-state index in [1.54, 1.807) is 0 Å². The third-order valence-electron chi connectivity index (χ3n) is 13.4. The van der Waals surface area contributed by atoms with Gasteiger partial charge in [0.15, 0.2) is 11.6 Å². The predicted octanol–water partition coefficient (Wildman–Crippen LogP) is 16.3. The molecule has 6 heteroatoms. The van der Waals surface area contributed by atoms with Crippen LogP contribution in [0.1, 0.15) is 0 Å². The molecule has 14 aromatic rings. The summed E-state index contributed by atoms with van der Waals surface area (Å²) >= 11 is 1.86. The number of rotatable bonds is 6. The molecule has 0 bridgehead atoms. The van der Waals surface area contributed by atoms with Crippen LogP contribution in [0.5, 0.6) is 0 Å². The molecule has 0 aliphatic carbocycles. The van der Waals surface area contributed by atoms with Crippen LogP contribution < -0.4 is 0 Å². The Kier molecular flexibility index (Phi) is 8.38. The molecule has 4 aromatic heterocycles. The van der Waals surface area contributed by atoms with Gasteiger partial charge in [-0.1, -0.05) is 188 Å². The van der Waals surface area contributed by atoms with Crippen molar-refractivity contribution in [2.45, 2.75) is 0 Å². The molecule has 0 aliphatic heterocycles. The summed E-state index contributed by atoms with van der Waals surface area (Å²) in [6.07, 6.45) is 0. The van der Waals surface area contributed by atoms with Crippen LogP contribution in [-0.4, -0.2) is 24.1 Å². The Morgan fingerprint density at radius 1 is 0.313 bits per heavy atom. The maximum atomic E-state index is 5.43. The van der Waals surface area contributed by atoms with Crippen LogP contribution in [0, 0.1) is 0 Å². The maximum absolute atomic E-state index is 5.43. The molecule has 0 radical (unpaired) electrons. The Labute approximate surface area is 389 Å². The third-order valence-corrected chi connectivity index (χ3v) is 14.6. The summed E-state index contributed by atoms with van der Waals surface area (Å²) in [5, 5.41) is 9.55. The van der Waals surface area contributed by atoms with Gasteiger partial charge < -0.3 is 4.57 Å². The Balaban J connectivity index is 1.10. The zero-order valence-corrected chi connectivity index (χ0v) is 36.8. The lowest BCUT2D eigenvalue weighted by Gasteiger charge is -2.15. The molecule has 0 unspecified atom stereocenters. The molecule has 0 amide bonds. The molecule has 0 saturated carbocycles. The molecule has 5 nitrogen and oxygen atoms in total. The van der Waals surface area contributed by atoms with Crippen LogP contribution >= 0.6 is 11.3 Å². The van der Waals surface area contributed by atoms with E-state index in [0.717, 1.165) is 66.2 Å². The predicted molar refractivity (Wildman–Crippen MR) is 281 cm³/mol. The van der Waals surface area contributed by atoms with Crippen LogP contribution in [0.3, 0.4) is 0 Å². The van der Waals surface area contributed by atoms with E-state index in [9.17, 15) is 0 Å². The summed E-state index contributed by atoms with van der Waals surface area (Å²) in [6.45, 7) is 0. The van der Waals surface area contributed by atoms with Crippen LogP contribution in [0.4, 0.5) is 0 Å². The lowest BCUT2D eigenvalue weighted by molar-refractivity contribution is 0.953. The number of hydrogen-bond acceptors (Lipinski definition) is 4. The molecule has 10 aromatic carbocycles. The van der Waals surface area contributed by atoms with Gasteiger partial charge in [-0.05, 0) is 69.4 Å². The molecule has 0 spiro atoms. The number of fused-ring (bicyclic) bond motifs is 11. The number of hydrogen-bond donors (Lipinski definition) is 0. The number of nitrogens with zero attached hydrogens (tertiary/aromatic N) is 5. The van der Waals surface area contributed by atoms with Gasteiger partial charge in [0.25, 0.3) is 0 Å². The lowest BCUT2D eigenvalue weighted by Crippen LogP contribution is -2.07. The highest BCUT2D eigenvalue weighted by atomic mass is 32.1. The van der Waals surface area contributed by atoms with Gasteiger partial charge in [-0.2, -0.15) is 9.97 Å². The summed E-state index contributed by atoms with van der Waals surface area (Å²) in [5.74, 6) is 1.78. The first kappa shape index (κ1) is 37.6. The van der Waals surface area contributed by atoms with E-state index in [1.165, 1.54) is 47.5 Å². The lowest BCUT2D eigenvalue weighted by atomic mass is 9.98. The third kappa shape index (κ3) is 5.97. The van der Waals surface area contributed by atoms with E-state index in [0.29, 0.717) is 17.6 Å². The van der Waals surface area contributed by atoms with Crippen molar-refractivity contribution in [3.63, 3.8) is 0 Å². The first-order valence-electron chi connectivity index (χ1n) is 22.6. The average Bonchev–Trinajstić information content (AvgIpc) is 4.07. The zero-order chi connectivity index (χ0) is 44.0. The van der Waals surface area contributed by atoms with Gasteiger partial charge in [-0.15, -0.1) is 11.3 Å². The molecule has 0 aliphatic rings. The van der Waals surface area contributed by atoms with E-state index >= 15 is 0 Å². The Morgan fingerprint density at radius 2 is 0.836 bits per heavy atom. The van der Waals surface area contributed by atoms with Gasteiger partial charge in [-0.3, -0.25) is 4.57 Å². The number of para-hydroxylation sites is 2. The van der Waals surface area contributed by atoms with E-state index in [1.807, 2.05) is 35.6 Å². The molecule has 4 heterocycles. The fourth-order valence-electron chi connectivity index (χ4n) is 10.2. The van der Waals surface area contributed by atoms with Gasteiger partial charge in [0.05, 0.1) is 32.5 Å². The molecular weight excluding hydrogens is 835 g/mol. The van der Waals surface area contributed by atoms with Gasteiger partial charge >= 0.3 is 0 Å². The van der Waals surface area contributed by atoms with Crippen molar-refractivity contribution in [3.05, 3.63) is 224 Å².